The molecule has 0 saturated carbocycles. The van der Waals surface area contributed by atoms with E-state index in [0.29, 0.717) is 5.69 Å². The van der Waals surface area contributed by atoms with E-state index in [-0.39, 0.29) is 0 Å². The second kappa shape index (κ2) is 4.57. The molecule has 0 aliphatic carbocycles. The zero-order valence-corrected chi connectivity index (χ0v) is 9.05. The summed E-state index contributed by atoms with van der Waals surface area (Å²) in [4.78, 5) is 11.3. The minimum Gasteiger partial charge on any atom is -0.350 e. The summed E-state index contributed by atoms with van der Waals surface area (Å²) in [7, 11) is 1.49. The third-order valence-electron chi connectivity index (χ3n) is 2.30. The molecule has 0 heterocycles. The molecule has 3 heteroatoms. The molecule has 0 fully saturated rings. The van der Waals surface area contributed by atoms with Crippen molar-refractivity contribution in [1.82, 2.24) is 0 Å². The largest absolute Gasteiger partial charge is 0.350 e. The fourth-order valence-electron chi connectivity index (χ4n) is 1.53. The molecular formula is C13H13N2O+. The first kappa shape index (κ1) is 10.4. The van der Waals surface area contributed by atoms with Crippen LogP contribution in [0.4, 0.5) is 17.1 Å². The average Bonchev–Trinajstić information content (AvgIpc) is 2.31. The highest BCUT2D eigenvalue weighted by molar-refractivity contribution is 5.68. The van der Waals surface area contributed by atoms with Crippen molar-refractivity contribution in [1.29, 1.82) is 0 Å². The molecule has 0 spiro atoms. The molecule has 0 aliphatic rings. The van der Waals surface area contributed by atoms with Gasteiger partial charge in [0, 0.05) is 21.4 Å². The first-order valence-corrected chi connectivity index (χ1v) is 5.09. The number of rotatable bonds is 3. The zero-order valence-electron chi connectivity index (χ0n) is 9.05. The van der Waals surface area contributed by atoms with Crippen molar-refractivity contribution in [2.75, 3.05) is 12.4 Å². The van der Waals surface area contributed by atoms with Crippen molar-refractivity contribution < 1.29 is 4.76 Å². The van der Waals surface area contributed by atoms with Crippen LogP contribution in [0.25, 0.3) is 0 Å². The molecule has 2 aromatic rings. The van der Waals surface area contributed by atoms with E-state index in [4.69, 9.17) is 0 Å². The minimum absolute atomic E-state index is 0.631. The summed E-state index contributed by atoms with van der Waals surface area (Å²) in [5.74, 6) is 0. The standard InChI is InChI=1S/C13H13N2O/c1-15(16)13-10-6-5-9-12(13)14-11-7-3-2-4-8-11/h2-10,14H,1H3/q+1. The van der Waals surface area contributed by atoms with Crippen LogP contribution in [-0.2, 0) is 0 Å². The first-order chi connectivity index (χ1) is 7.77. The van der Waals surface area contributed by atoms with E-state index in [9.17, 15) is 4.91 Å². The van der Waals surface area contributed by atoms with Gasteiger partial charge in [0.1, 0.15) is 5.69 Å². The summed E-state index contributed by atoms with van der Waals surface area (Å²) in [6.07, 6.45) is 0. The maximum atomic E-state index is 11.3. The van der Waals surface area contributed by atoms with Gasteiger partial charge >= 0.3 is 0 Å². The van der Waals surface area contributed by atoms with Crippen molar-refractivity contribution >= 4 is 17.1 Å². The van der Waals surface area contributed by atoms with Gasteiger partial charge in [-0.15, -0.1) is 0 Å². The Bertz CT molecular complexity index is 494. The van der Waals surface area contributed by atoms with Gasteiger partial charge in [0.15, 0.2) is 7.05 Å². The predicted molar refractivity (Wildman–Crippen MR) is 65.4 cm³/mol. The third kappa shape index (κ3) is 2.25. The summed E-state index contributed by atoms with van der Waals surface area (Å²) in [6, 6.07) is 17.2. The van der Waals surface area contributed by atoms with Gasteiger partial charge in [0.2, 0.25) is 0 Å². The van der Waals surface area contributed by atoms with Crippen LogP contribution in [0, 0.1) is 4.91 Å². The van der Waals surface area contributed by atoms with Gasteiger partial charge in [-0.2, -0.15) is 0 Å². The Labute approximate surface area is 94.3 Å². The van der Waals surface area contributed by atoms with Gasteiger partial charge < -0.3 is 5.32 Å². The number of anilines is 2. The number of nitroso groups, excluding NO2 is 1. The molecule has 0 aliphatic heterocycles. The molecule has 0 saturated heterocycles. The van der Waals surface area contributed by atoms with Crippen LogP contribution in [0.3, 0.4) is 0 Å². The molecule has 80 valence electrons. The third-order valence-corrected chi connectivity index (χ3v) is 2.30. The molecule has 0 atom stereocenters. The Morgan fingerprint density at radius 2 is 1.56 bits per heavy atom. The Hall–Kier alpha value is -2.16. The van der Waals surface area contributed by atoms with E-state index in [2.05, 4.69) is 5.32 Å². The Kier molecular flexibility index (Phi) is 2.96. The fraction of sp³-hybridized carbons (Fsp3) is 0.0769. The first-order valence-electron chi connectivity index (χ1n) is 5.09. The summed E-state index contributed by atoms with van der Waals surface area (Å²) in [5.41, 5.74) is 2.41. The second-order valence-corrected chi connectivity index (χ2v) is 3.51. The lowest BCUT2D eigenvalue weighted by molar-refractivity contribution is -0.427. The number of hydrogen-bond donors (Lipinski definition) is 1. The molecule has 16 heavy (non-hydrogen) atoms. The van der Waals surface area contributed by atoms with Gasteiger partial charge in [0.05, 0.1) is 0 Å². The van der Waals surface area contributed by atoms with Crippen molar-refractivity contribution in [3.05, 3.63) is 59.5 Å². The van der Waals surface area contributed by atoms with Crippen LogP contribution >= 0.6 is 0 Å². The number of nitrogens with one attached hydrogen (secondary N) is 1. The lowest BCUT2D eigenvalue weighted by Crippen LogP contribution is -1.97. The lowest BCUT2D eigenvalue weighted by atomic mass is 10.2. The highest BCUT2D eigenvalue weighted by Gasteiger charge is 2.12. The smallest absolute Gasteiger partial charge is 0.278 e. The Morgan fingerprint density at radius 3 is 2.25 bits per heavy atom. The molecule has 0 bridgehead atoms. The number of para-hydroxylation sites is 3. The Balaban J connectivity index is 2.31. The molecule has 0 aromatic heterocycles. The van der Waals surface area contributed by atoms with Crippen LogP contribution in [0.15, 0.2) is 54.6 Å². The van der Waals surface area contributed by atoms with Crippen molar-refractivity contribution in [3.8, 4) is 0 Å². The van der Waals surface area contributed by atoms with E-state index in [0.717, 1.165) is 16.1 Å². The SMILES string of the molecule is C[N+](=O)c1ccccc1Nc1ccccc1. The van der Waals surface area contributed by atoms with Gasteiger partial charge in [0.25, 0.3) is 5.69 Å². The molecule has 0 unspecified atom stereocenters. The number of hydrogen-bond acceptors (Lipinski definition) is 2. The maximum absolute atomic E-state index is 11.3. The predicted octanol–water partition coefficient (Wildman–Crippen LogP) is 3.47. The molecule has 2 aromatic carbocycles. The molecule has 0 amide bonds. The quantitative estimate of drug-likeness (QED) is 0.792. The minimum atomic E-state index is 0.631. The lowest BCUT2D eigenvalue weighted by Gasteiger charge is -2.05. The van der Waals surface area contributed by atoms with Crippen molar-refractivity contribution in [2.45, 2.75) is 0 Å². The topological polar surface area (TPSA) is 32.1 Å². The second-order valence-electron chi connectivity index (χ2n) is 3.51. The summed E-state index contributed by atoms with van der Waals surface area (Å²) in [6.45, 7) is 0. The summed E-state index contributed by atoms with van der Waals surface area (Å²) < 4.78 is 0.852. The maximum Gasteiger partial charge on any atom is 0.278 e. The van der Waals surface area contributed by atoms with Gasteiger partial charge in [-0.25, -0.2) is 0 Å². The summed E-state index contributed by atoms with van der Waals surface area (Å²) in [5, 5.41) is 3.21. The molecule has 2 rings (SSSR count). The monoisotopic (exact) mass is 213 g/mol. The van der Waals surface area contributed by atoms with Crippen LogP contribution < -0.4 is 5.32 Å². The van der Waals surface area contributed by atoms with Crippen LogP contribution in [0.1, 0.15) is 0 Å². The molecule has 1 N–H and O–H groups in total. The van der Waals surface area contributed by atoms with E-state index in [1.54, 1.807) is 6.07 Å². The normalized spacial score (nSPS) is 9.81. The molecule has 3 nitrogen and oxygen atoms in total. The molecular weight excluding hydrogens is 200 g/mol. The highest BCUT2D eigenvalue weighted by atomic mass is 16.3. The van der Waals surface area contributed by atoms with E-state index >= 15 is 0 Å². The fourth-order valence-corrected chi connectivity index (χ4v) is 1.53. The van der Waals surface area contributed by atoms with E-state index in [1.165, 1.54) is 7.05 Å². The van der Waals surface area contributed by atoms with Crippen LogP contribution in [0.2, 0.25) is 0 Å². The average molecular weight is 213 g/mol. The van der Waals surface area contributed by atoms with Crippen molar-refractivity contribution in [2.24, 2.45) is 0 Å². The van der Waals surface area contributed by atoms with Gasteiger partial charge in [-0.1, -0.05) is 30.3 Å². The van der Waals surface area contributed by atoms with Crippen LogP contribution in [0.5, 0.6) is 0 Å². The molecule has 0 radical (unpaired) electrons. The zero-order chi connectivity index (χ0) is 11.4. The van der Waals surface area contributed by atoms with E-state index < -0.39 is 0 Å². The van der Waals surface area contributed by atoms with E-state index in [1.807, 2.05) is 48.5 Å². The van der Waals surface area contributed by atoms with Gasteiger partial charge in [-0.05, 0) is 18.2 Å². The Morgan fingerprint density at radius 1 is 0.938 bits per heavy atom. The number of nitrogens with zero attached hydrogens (tertiary/aromatic N) is 1. The number of benzene rings is 2. The highest BCUT2D eigenvalue weighted by Crippen LogP contribution is 2.26. The van der Waals surface area contributed by atoms with Gasteiger partial charge in [-0.3, -0.25) is 0 Å². The van der Waals surface area contributed by atoms with Crippen LogP contribution in [-0.4, -0.2) is 11.8 Å². The summed E-state index contributed by atoms with van der Waals surface area (Å²) >= 11 is 0. The van der Waals surface area contributed by atoms with Crippen molar-refractivity contribution in [3.63, 3.8) is 0 Å².